The van der Waals surface area contributed by atoms with Crippen molar-refractivity contribution in [1.29, 1.82) is 0 Å². The minimum absolute atomic E-state index is 0.0443. The van der Waals surface area contributed by atoms with Crippen LogP contribution in [-0.2, 0) is 6.18 Å². The van der Waals surface area contributed by atoms with Gasteiger partial charge in [0.1, 0.15) is 5.82 Å². The van der Waals surface area contributed by atoms with Crippen molar-refractivity contribution in [3.8, 4) is 0 Å². The molecule has 1 aliphatic heterocycles. The van der Waals surface area contributed by atoms with Gasteiger partial charge in [0.25, 0.3) is 5.91 Å². The van der Waals surface area contributed by atoms with Crippen molar-refractivity contribution in [3.05, 3.63) is 65.5 Å². The van der Waals surface area contributed by atoms with E-state index in [1.807, 2.05) is 24.3 Å². The molecule has 0 unspecified atom stereocenters. The highest BCUT2D eigenvalue weighted by atomic mass is 19.4. The molecule has 1 N–H and O–H groups in total. The number of amides is 1. The van der Waals surface area contributed by atoms with E-state index >= 15 is 0 Å². The van der Waals surface area contributed by atoms with Gasteiger partial charge in [0.15, 0.2) is 0 Å². The van der Waals surface area contributed by atoms with Crippen LogP contribution in [-0.4, -0.2) is 27.3 Å². The second-order valence-electron chi connectivity index (χ2n) is 6.37. The lowest BCUT2D eigenvalue weighted by molar-refractivity contribution is -0.137. The van der Waals surface area contributed by atoms with Gasteiger partial charge >= 0.3 is 6.18 Å². The molecule has 1 fully saturated rings. The van der Waals surface area contributed by atoms with E-state index < -0.39 is 17.6 Å². The molecule has 0 spiro atoms. The topological polar surface area (TPSA) is 49.0 Å². The van der Waals surface area contributed by atoms with Crippen molar-refractivity contribution in [2.24, 2.45) is 0 Å². The molecule has 7 heteroatoms. The SMILES string of the molecule is O=C(c1cccc(C(F)(F)F)c1)N1CCC[C@H]1c1nc2ccccc2[nH]1. The number of aromatic amines is 1. The van der Waals surface area contributed by atoms with Crippen LogP contribution in [0.1, 0.15) is 40.6 Å². The molecule has 1 aromatic heterocycles. The van der Waals surface area contributed by atoms with Crippen LogP contribution in [0, 0.1) is 0 Å². The Morgan fingerprint density at radius 2 is 1.96 bits per heavy atom. The highest BCUT2D eigenvalue weighted by molar-refractivity contribution is 5.95. The minimum atomic E-state index is -4.47. The Morgan fingerprint density at radius 1 is 1.15 bits per heavy atom. The van der Waals surface area contributed by atoms with E-state index in [0.717, 1.165) is 36.0 Å². The Labute approximate surface area is 147 Å². The van der Waals surface area contributed by atoms with Gasteiger partial charge in [-0.05, 0) is 43.2 Å². The largest absolute Gasteiger partial charge is 0.416 e. The number of nitrogens with one attached hydrogen (secondary N) is 1. The normalized spacial score (nSPS) is 17.8. The van der Waals surface area contributed by atoms with Crippen LogP contribution < -0.4 is 0 Å². The quantitative estimate of drug-likeness (QED) is 0.729. The number of imidazole rings is 1. The summed E-state index contributed by atoms with van der Waals surface area (Å²) in [6, 6.07) is 11.9. The molecule has 0 saturated carbocycles. The van der Waals surface area contributed by atoms with Gasteiger partial charge in [-0.1, -0.05) is 18.2 Å². The summed E-state index contributed by atoms with van der Waals surface area (Å²) in [5.74, 6) is 0.267. The number of aromatic nitrogens is 2. The summed E-state index contributed by atoms with van der Waals surface area (Å²) in [5, 5.41) is 0. The van der Waals surface area contributed by atoms with Crippen molar-refractivity contribution in [1.82, 2.24) is 14.9 Å². The van der Waals surface area contributed by atoms with E-state index in [-0.39, 0.29) is 11.6 Å². The first-order valence-corrected chi connectivity index (χ1v) is 8.36. The van der Waals surface area contributed by atoms with Gasteiger partial charge < -0.3 is 9.88 Å². The number of carbonyl (C=O) groups is 1. The monoisotopic (exact) mass is 359 g/mol. The lowest BCUT2D eigenvalue weighted by Crippen LogP contribution is -2.31. The van der Waals surface area contributed by atoms with Crippen LogP contribution in [0.15, 0.2) is 48.5 Å². The fourth-order valence-electron chi connectivity index (χ4n) is 3.42. The smallest absolute Gasteiger partial charge is 0.340 e. The number of fused-ring (bicyclic) bond motifs is 1. The molecule has 0 aliphatic carbocycles. The zero-order valence-corrected chi connectivity index (χ0v) is 13.8. The predicted molar refractivity (Wildman–Crippen MR) is 90.5 cm³/mol. The zero-order chi connectivity index (χ0) is 18.3. The second kappa shape index (κ2) is 6.16. The summed E-state index contributed by atoms with van der Waals surface area (Å²) in [5.41, 5.74) is 0.910. The number of nitrogens with zero attached hydrogens (tertiary/aromatic N) is 2. The standard InChI is InChI=1S/C19H16F3N3O/c20-19(21,22)13-6-3-5-12(11-13)18(26)25-10-4-9-16(25)17-23-14-7-1-2-8-15(14)24-17/h1-3,5-8,11,16H,4,9-10H2,(H,23,24)/t16-/m0/s1. The molecule has 1 amide bonds. The minimum Gasteiger partial charge on any atom is -0.340 e. The Morgan fingerprint density at radius 3 is 2.73 bits per heavy atom. The van der Waals surface area contributed by atoms with Gasteiger partial charge in [-0.15, -0.1) is 0 Å². The van der Waals surface area contributed by atoms with Crippen molar-refractivity contribution in [3.63, 3.8) is 0 Å². The summed E-state index contributed by atoms with van der Waals surface area (Å²) >= 11 is 0. The van der Waals surface area contributed by atoms with E-state index in [2.05, 4.69) is 9.97 Å². The third-order valence-electron chi connectivity index (χ3n) is 4.67. The molecular formula is C19H16F3N3O. The highest BCUT2D eigenvalue weighted by Gasteiger charge is 2.35. The fraction of sp³-hybridized carbons (Fsp3) is 0.263. The third-order valence-corrected chi connectivity index (χ3v) is 4.67. The molecule has 2 aromatic carbocycles. The van der Waals surface area contributed by atoms with E-state index in [1.54, 1.807) is 4.90 Å². The first-order valence-electron chi connectivity index (χ1n) is 8.36. The van der Waals surface area contributed by atoms with Crippen LogP contribution in [0.5, 0.6) is 0 Å². The maximum absolute atomic E-state index is 12.9. The molecule has 1 saturated heterocycles. The molecule has 2 heterocycles. The summed E-state index contributed by atoms with van der Waals surface area (Å²) < 4.78 is 38.8. The van der Waals surface area contributed by atoms with E-state index in [0.29, 0.717) is 12.4 Å². The number of hydrogen-bond acceptors (Lipinski definition) is 2. The Kier molecular flexibility index (Phi) is 3.94. The van der Waals surface area contributed by atoms with Gasteiger partial charge in [-0.25, -0.2) is 4.98 Å². The fourth-order valence-corrected chi connectivity index (χ4v) is 3.42. The van der Waals surface area contributed by atoms with Gasteiger partial charge in [-0.3, -0.25) is 4.79 Å². The Hall–Kier alpha value is -2.83. The number of likely N-dealkylation sites (tertiary alicyclic amines) is 1. The molecule has 26 heavy (non-hydrogen) atoms. The molecule has 4 nitrogen and oxygen atoms in total. The van der Waals surface area contributed by atoms with Crippen molar-refractivity contribution < 1.29 is 18.0 Å². The van der Waals surface area contributed by atoms with Crippen LogP contribution >= 0.6 is 0 Å². The average molecular weight is 359 g/mol. The number of H-pyrrole nitrogens is 1. The Bertz CT molecular complexity index is 931. The number of hydrogen-bond donors (Lipinski definition) is 1. The number of rotatable bonds is 2. The summed E-state index contributed by atoms with van der Waals surface area (Å²) in [7, 11) is 0. The molecular weight excluding hydrogens is 343 g/mol. The van der Waals surface area contributed by atoms with Crippen molar-refractivity contribution in [2.45, 2.75) is 25.1 Å². The number of halogens is 3. The molecule has 1 aliphatic rings. The van der Waals surface area contributed by atoms with Gasteiger partial charge in [-0.2, -0.15) is 13.2 Å². The van der Waals surface area contributed by atoms with Crippen LogP contribution in [0.3, 0.4) is 0 Å². The Balaban J connectivity index is 1.65. The maximum Gasteiger partial charge on any atom is 0.416 e. The van der Waals surface area contributed by atoms with Gasteiger partial charge in [0.05, 0.1) is 22.6 Å². The first-order chi connectivity index (χ1) is 12.4. The summed E-state index contributed by atoms with van der Waals surface area (Å²) in [6.07, 6.45) is -2.96. The van der Waals surface area contributed by atoms with E-state index in [9.17, 15) is 18.0 Å². The number of benzene rings is 2. The molecule has 1 atom stereocenters. The lowest BCUT2D eigenvalue weighted by Gasteiger charge is -2.23. The predicted octanol–water partition coefficient (Wildman–Crippen LogP) is 4.56. The maximum atomic E-state index is 12.9. The van der Waals surface area contributed by atoms with Crippen LogP contribution in [0.25, 0.3) is 11.0 Å². The summed E-state index contributed by atoms with van der Waals surface area (Å²) in [4.78, 5) is 22.2. The number of para-hydroxylation sites is 2. The molecule has 0 radical (unpaired) electrons. The molecule has 0 bridgehead atoms. The summed E-state index contributed by atoms with van der Waals surface area (Å²) in [6.45, 7) is 0.497. The average Bonchev–Trinajstić information content (AvgIpc) is 3.26. The van der Waals surface area contributed by atoms with Crippen molar-refractivity contribution >= 4 is 16.9 Å². The van der Waals surface area contributed by atoms with Crippen LogP contribution in [0.2, 0.25) is 0 Å². The van der Waals surface area contributed by atoms with Crippen molar-refractivity contribution in [2.75, 3.05) is 6.54 Å². The van der Waals surface area contributed by atoms with Gasteiger partial charge in [0, 0.05) is 12.1 Å². The van der Waals surface area contributed by atoms with E-state index in [1.165, 1.54) is 12.1 Å². The number of alkyl halides is 3. The van der Waals surface area contributed by atoms with Crippen LogP contribution in [0.4, 0.5) is 13.2 Å². The van der Waals surface area contributed by atoms with Gasteiger partial charge in [0.2, 0.25) is 0 Å². The highest BCUT2D eigenvalue weighted by Crippen LogP contribution is 2.34. The first kappa shape index (κ1) is 16.6. The molecule has 134 valence electrons. The third kappa shape index (κ3) is 2.94. The lowest BCUT2D eigenvalue weighted by atomic mass is 10.1. The number of carbonyl (C=O) groups excluding carboxylic acids is 1. The zero-order valence-electron chi connectivity index (χ0n) is 13.8. The second-order valence-corrected chi connectivity index (χ2v) is 6.37. The molecule has 3 aromatic rings. The molecule has 4 rings (SSSR count). The van der Waals surface area contributed by atoms with E-state index in [4.69, 9.17) is 0 Å².